The van der Waals surface area contributed by atoms with Crippen molar-refractivity contribution in [1.29, 1.82) is 0 Å². The number of hydrogen-bond donors (Lipinski definition) is 0. The number of rotatable bonds is 4. The molecule has 1 aliphatic heterocycles. The van der Waals surface area contributed by atoms with Crippen LogP contribution in [0.1, 0.15) is 18.4 Å². The van der Waals surface area contributed by atoms with Gasteiger partial charge >= 0.3 is 5.69 Å². The summed E-state index contributed by atoms with van der Waals surface area (Å²) >= 11 is 0. The molecular weight excluding hydrogens is 358 g/mol. The van der Waals surface area contributed by atoms with Crippen LogP contribution in [0.25, 0.3) is 11.2 Å². The quantitative estimate of drug-likeness (QED) is 0.665. The van der Waals surface area contributed by atoms with E-state index >= 15 is 0 Å². The van der Waals surface area contributed by atoms with Crippen molar-refractivity contribution in [3.8, 4) is 0 Å². The van der Waals surface area contributed by atoms with Crippen LogP contribution in [0.4, 0.5) is 0 Å². The Hall–Kier alpha value is -3.16. The Balaban J connectivity index is 1.60. The molecule has 3 heterocycles. The Labute approximate surface area is 161 Å². The first-order valence-corrected chi connectivity index (χ1v) is 9.41. The third-order valence-corrected chi connectivity index (χ3v) is 5.53. The largest absolute Gasteiger partial charge is 0.338 e. The third-order valence-electron chi connectivity index (χ3n) is 5.53. The van der Waals surface area contributed by atoms with Gasteiger partial charge in [-0.25, -0.2) is 9.78 Å². The van der Waals surface area contributed by atoms with E-state index in [1.165, 1.54) is 23.5 Å². The van der Waals surface area contributed by atoms with Gasteiger partial charge in [0, 0.05) is 26.7 Å². The van der Waals surface area contributed by atoms with E-state index in [0.717, 1.165) is 30.4 Å². The Morgan fingerprint density at radius 3 is 2.64 bits per heavy atom. The minimum Gasteiger partial charge on any atom is -0.338 e. The molecule has 2 aromatic heterocycles. The predicted molar refractivity (Wildman–Crippen MR) is 105 cm³/mol. The molecule has 0 spiro atoms. The van der Waals surface area contributed by atoms with Gasteiger partial charge in [0.25, 0.3) is 5.56 Å². The lowest BCUT2D eigenvalue weighted by Gasteiger charge is -2.25. The number of hydrogen-bond acceptors (Lipinski definition) is 4. The minimum absolute atomic E-state index is 0.0337. The molecule has 3 aromatic rings. The van der Waals surface area contributed by atoms with E-state index in [1.807, 2.05) is 23.1 Å². The summed E-state index contributed by atoms with van der Waals surface area (Å²) in [6, 6.07) is 10.3. The second-order valence-corrected chi connectivity index (χ2v) is 7.32. The number of likely N-dealkylation sites (tertiary alicyclic amines) is 1. The van der Waals surface area contributed by atoms with Crippen molar-refractivity contribution in [3.05, 3.63) is 63.1 Å². The smallest absolute Gasteiger partial charge is 0.332 e. The highest BCUT2D eigenvalue weighted by Gasteiger charge is 2.29. The van der Waals surface area contributed by atoms with Gasteiger partial charge < -0.3 is 9.47 Å². The van der Waals surface area contributed by atoms with E-state index in [4.69, 9.17) is 0 Å². The summed E-state index contributed by atoms with van der Waals surface area (Å²) in [6.45, 7) is 0.759. The molecule has 0 N–H and O–H groups in total. The van der Waals surface area contributed by atoms with Gasteiger partial charge in [-0.05, 0) is 24.8 Å². The zero-order valence-electron chi connectivity index (χ0n) is 16.0. The normalized spacial score (nSPS) is 16.8. The lowest BCUT2D eigenvalue weighted by atomic mass is 10.0. The number of imidazole rings is 1. The Bertz CT molecular complexity index is 1140. The fraction of sp³-hybridized carbons (Fsp3) is 0.400. The molecule has 4 rings (SSSR count). The van der Waals surface area contributed by atoms with Crippen molar-refractivity contribution >= 4 is 17.1 Å². The fourth-order valence-electron chi connectivity index (χ4n) is 4.02. The van der Waals surface area contributed by atoms with Crippen LogP contribution in [0.2, 0.25) is 0 Å². The number of benzene rings is 1. The van der Waals surface area contributed by atoms with Crippen LogP contribution in [-0.2, 0) is 31.9 Å². The maximum absolute atomic E-state index is 13.0. The van der Waals surface area contributed by atoms with Gasteiger partial charge in [-0.3, -0.25) is 18.7 Å². The maximum atomic E-state index is 13.0. The summed E-state index contributed by atoms with van der Waals surface area (Å²) in [5, 5.41) is 0. The summed E-state index contributed by atoms with van der Waals surface area (Å²) in [4.78, 5) is 43.7. The SMILES string of the molecule is Cn1c(=O)c2c(ncn2CC(=O)N2CCCC2Cc2ccccc2)n(C)c1=O. The van der Waals surface area contributed by atoms with Crippen molar-refractivity contribution in [2.45, 2.75) is 31.8 Å². The molecule has 1 atom stereocenters. The second-order valence-electron chi connectivity index (χ2n) is 7.32. The summed E-state index contributed by atoms with van der Waals surface area (Å²) in [5.41, 5.74) is 0.909. The highest BCUT2D eigenvalue weighted by molar-refractivity contribution is 5.79. The number of amides is 1. The van der Waals surface area contributed by atoms with Crippen molar-refractivity contribution in [3.63, 3.8) is 0 Å². The zero-order valence-corrected chi connectivity index (χ0v) is 16.0. The number of carbonyl (C=O) groups is 1. The minimum atomic E-state index is -0.439. The van der Waals surface area contributed by atoms with Crippen molar-refractivity contribution in [1.82, 2.24) is 23.6 Å². The van der Waals surface area contributed by atoms with Gasteiger partial charge in [0.05, 0.1) is 6.33 Å². The molecular formula is C20H23N5O3. The van der Waals surface area contributed by atoms with Crippen LogP contribution in [0.15, 0.2) is 46.2 Å². The monoisotopic (exact) mass is 381 g/mol. The Morgan fingerprint density at radius 1 is 1.14 bits per heavy atom. The first-order chi connectivity index (χ1) is 13.5. The first-order valence-electron chi connectivity index (χ1n) is 9.41. The molecule has 0 bridgehead atoms. The van der Waals surface area contributed by atoms with Crippen LogP contribution in [-0.4, -0.2) is 42.1 Å². The molecule has 0 saturated carbocycles. The van der Waals surface area contributed by atoms with Gasteiger partial charge in [0.1, 0.15) is 6.54 Å². The molecule has 1 aromatic carbocycles. The maximum Gasteiger partial charge on any atom is 0.332 e. The van der Waals surface area contributed by atoms with Crippen molar-refractivity contribution < 1.29 is 4.79 Å². The Morgan fingerprint density at radius 2 is 1.89 bits per heavy atom. The second kappa shape index (κ2) is 7.10. The molecule has 8 nitrogen and oxygen atoms in total. The molecule has 1 aliphatic rings. The average molecular weight is 381 g/mol. The number of carbonyl (C=O) groups excluding carboxylic acids is 1. The summed E-state index contributed by atoms with van der Waals surface area (Å²) in [6.07, 6.45) is 4.24. The van der Waals surface area contributed by atoms with Crippen molar-refractivity contribution in [2.75, 3.05) is 6.54 Å². The van der Waals surface area contributed by atoms with Crippen LogP contribution < -0.4 is 11.2 Å². The molecule has 1 saturated heterocycles. The third kappa shape index (κ3) is 3.04. The summed E-state index contributed by atoms with van der Waals surface area (Å²) in [5.74, 6) is -0.0337. The first kappa shape index (κ1) is 18.2. The molecule has 1 fully saturated rings. The highest BCUT2D eigenvalue weighted by Crippen LogP contribution is 2.22. The van der Waals surface area contributed by atoms with E-state index in [9.17, 15) is 14.4 Å². The van der Waals surface area contributed by atoms with E-state index < -0.39 is 11.2 Å². The van der Waals surface area contributed by atoms with Crippen LogP contribution >= 0.6 is 0 Å². The molecule has 0 radical (unpaired) electrons. The van der Waals surface area contributed by atoms with Gasteiger partial charge in [0.15, 0.2) is 11.2 Å². The standard InChI is InChI=1S/C20H23N5O3/c1-22-18-17(19(27)23(2)20(22)28)24(13-21-18)12-16(26)25-10-6-9-15(25)11-14-7-4-3-5-8-14/h3-5,7-8,13,15H,6,9-12H2,1-2H3. The number of fused-ring (bicyclic) bond motifs is 1. The van der Waals surface area contributed by atoms with Gasteiger partial charge in [-0.1, -0.05) is 30.3 Å². The van der Waals surface area contributed by atoms with Crippen LogP contribution in [0.5, 0.6) is 0 Å². The van der Waals surface area contributed by atoms with Gasteiger partial charge in [-0.2, -0.15) is 0 Å². The van der Waals surface area contributed by atoms with Gasteiger partial charge in [0.2, 0.25) is 5.91 Å². The average Bonchev–Trinajstić information content (AvgIpc) is 3.32. The molecule has 8 heteroatoms. The van der Waals surface area contributed by atoms with Crippen LogP contribution in [0, 0.1) is 0 Å². The molecule has 146 valence electrons. The number of aromatic nitrogens is 4. The predicted octanol–water partition coefficient (Wildman–Crippen LogP) is 0.667. The van der Waals surface area contributed by atoms with E-state index in [2.05, 4.69) is 17.1 Å². The summed E-state index contributed by atoms with van der Waals surface area (Å²) in [7, 11) is 3.00. The lowest BCUT2D eigenvalue weighted by molar-refractivity contribution is -0.132. The molecule has 1 amide bonds. The molecule has 0 aliphatic carbocycles. The number of aryl methyl sites for hydroxylation is 1. The zero-order chi connectivity index (χ0) is 19.8. The lowest BCUT2D eigenvalue weighted by Crippen LogP contribution is -2.40. The van der Waals surface area contributed by atoms with Crippen LogP contribution in [0.3, 0.4) is 0 Å². The van der Waals surface area contributed by atoms with Gasteiger partial charge in [-0.15, -0.1) is 0 Å². The number of nitrogens with zero attached hydrogens (tertiary/aromatic N) is 5. The van der Waals surface area contributed by atoms with E-state index in [-0.39, 0.29) is 24.0 Å². The van der Waals surface area contributed by atoms with Crippen molar-refractivity contribution in [2.24, 2.45) is 14.1 Å². The fourth-order valence-corrected chi connectivity index (χ4v) is 4.02. The summed E-state index contributed by atoms with van der Waals surface area (Å²) < 4.78 is 3.92. The molecule has 1 unspecified atom stereocenters. The Kier molecular flexibility index (Phi) is 4.62. The van der Waals surface area contributed by atoms with E-state index in [0.29, 0.717) is 5.65 Å². The topological polar surface area (TPSA) is 82.1 Å². The van der Waals surface area contributed by atoms with E-state index in [1.54, 1.807) is 11.6 Å². The molecule has 28 heavy (non-hydrogen) atoms. The highest BCUT2D eigenvalue weighted by atomic mass is 16.2.